The van der Waals surface area contributed by atoms with Gasteiger partial charge in [-0.1, -0.05) is 12.2 Å². The van der Waals surface area contributed by atoms with Crippen LogP contribution in [0.25, 0.3) is 0 Å². The van der Waals surface area contributed by atoms with E-state index in [4.69, 9.17) is 18.9 Å². The van der Waals surface area contributed by atoms with Gasteiger partial charge in [0.15, 0.2) is 17.6 Å². The summed E-state index contributed by atoms with van der Waals surface area (Å²) < 4.78 is 22.9. The Morgan fingerprint density at radius 3 is 2.24 bits per heavy atom. The molecular weight excluding hydrogens is 436 g/mol. The first-order valence-electron chi connectivity index (χ1n) is 11.4. The van der Waals surface area contributed by atoms with Gasteiger partial charge in [-0.25, -0.2) is 0 Å². The molecule has 1 atom stereocenters. The van der Waals surface area contributed by atoms with Gasteiger partial charge in [0.1, 0.15) is 5.75 Å². The maximum atomic E-state index is 13.1. The molecule has 1 heterocycles. The second-order valence-electron chi connectivity index (χ2n) is 7.88. The summed E-state index contributed by atoms with van der Waals surface area (Å²) in [5, 5.41) is 2.89. The Bertz CT molecular complexity index is 1050. The molecule has 0 spiro atoms. The number of fused-ring (bicyclic) bond motifs is 1. The normalized spacial score (nSPS) is 14.7. The number of carbonyl (C=O) groups is 2. The Labute approximate surface area is 200 Å². The van der Waals surface area contributed by atoms with Crippen molar-refractivity contribution in [3.05, 3.63) is 48.0 Å². The number of nitrogens with zero attached hydrogens (tertiary/aromatic N) is 1. The molecule has 3 rings (SSSR count). The maximum Gasteiger partial charge on any atom is 0.268 e. The summed E-state index contributed by atoms with van der Waals surface area (Å²) in [6.45, 7) is 14.7. The lowest BCUT2D eigenvalue weighted by molar-refractivity contribution is -0.125. The van der Waals surface area contributed by atoms with Crippen molar-refractivity contribution < 1.29 is 28.5 Å². The van der Waals surface area contributed by atoms with Crippen LogP contribution in [0.15, 0.2) is 42.5 Å². The van der Waals surface area contributed by atoms with Crippen LogP contribution in [0.1, 0.15) is 45.0 Å². The van der Waals surface area contributed by atoms with E-state index in [-0.39, 0.29) is 11.8 Å². The molecule has 1 aliphatic heterocycles. The molecule has 1 aliphatic rings. The fourth-order valence-electron chi connectivity index (χ4n) is 3.64. The summed E-state index contributed by atoms with van der Waals surface area (Å²) in [4.78, 5) is 27.3. The van der Waals surface area contributed by atoms with Crippen molar-refractivity contribution in [3.8, 4) is 23.0 Å². The first kappa shape index (κ1) is 25.0. The molecule has 1 N–H and O–H groups in total. The Morgan fingerprint density at radius 1 is 1.06 bits per heavy atom. The maximum absolute atomic E-state index is 13.1. The zero-order valence-electron chi connectivity index (χ0n) is 20.4. The van der Waals surface area contributed by atoms with E-state index < -0.39 is 6.10 Å². The highest BCUT2D eigenvalue weighted by Gasteiger charge is 2.31. The Morgan fingerprint density at radius 2 is 1.68 bits per heavy atom. The summed E-state index contributed by atoms with van der Waals surface area (Å²) in [6.07, 6.45) is -0.633. The lowest BCUT2D eigenvalue weighted by atomic mass is 10.1. The molecule has 0 saturated heterocycles. The van der Waals surface area contributed by atoms with Crippen molar-refractivity contribution in [1.29, 1.82) is 0 Å². The molecule has 0 bridgehead atoms. The number of amides is 2. The molecule has 1 unspecified atom stereocenters. The van der Waals surface area contributed by atoms with Gasteiger partial charge >= 0.3 is 0 Å². The molecule has 0 aromatic heterocycles. The van der Waals surface area contributed by atoms with E-state index in [2.05, 4.69) is 11.9 Å². The SMILES string of the molecule is C=C(C)CN1C(=O)C(C)Oc2cc(NC(=O)c3cc(OCC)c(OCC)c(OCC)c3)ccc21. The van der Waals surface area contributed by atoms with Crippen LogP contribution in [0.2, 0.25) is 0 Å². The molecular formula is C26H32N2O6. The van der Waals surface area contributed by atoms with Gasteiger partial charge in [-0.05, 0) is 58.9 Å². The van der Waals surface area contributed by atoms with Crippen molar-refractivity contribution in [1.82, 2.24) is 0 Å². The minimum Gasteiger partial charge on any atom is -0.490 e. The van der Waals surface area contributed by atoms with Crippen LogP contribution < -0.4 is 29.2 Å². The average molecular weight is 469 g/mol. The number of hydrogen-bond donors (Lipinski definition) is 1. The smallest absolute Gasteiger partial charge is 0.268 e. The lowest BCUT2D eigenvalue weighted by Crippen LogP contribution is -2.45. The molecule has 0 radical (unpaired) electrons. The second kappa shape index (κ2) is 11.0. The van der Waals surface area contributed by atoms with Crippen LogP contribution in [-0.4, -0.2) is 44.3 Å². The highest BCUT2D eigenvalue weighted by atomic mass is 16.5. The molecule has 8 nitrogen and oxygen atoms in total. The van der Waals surface area contributed by atoms with E-state index in [0.29, 0.717) is 66.3 Å². The molecule has 0 saturated carbocycles. The van der Waals surface area contributed by atoms with Gasteiger partial charge in [0.05, 0.1) is 25.5 Å². The van der Waals surface area contributed by atoms with Gasteiger partial charge in [0, 0.05) is 23.9 Å². The number of ether oxygens (including phenoxy) is 4. The predicted molar refractivity (Wildman–Crippen MR) is 132 cm³/mol. The van der Waals surface area contributed by atoms with Crippen LogP contribution in [0.5, 0.6) is 23.0 Å². The van der Waals surface area contributed by atoms with E-state index in [0.717, 1.165) is 5.57 Å². The minimum absolute atomic E-state index is 0.131. The number of rotatable bonds is 10. The zero-order valence-corrected chi connectivity index (χ0v) is 20.4. The van der Waals surface area contributed by atoms with Gasteiger partial charge in [-0.3, -0.25) is 9.59 Å². The quantitative estimate of drug-likeness (QED) is 0.503. The fourth-order valence-corrected chi connectivity index (χ4v) is 3.64. The third-order valence-corrected chi connectivity index (χ3v) is 5.03. The number of anilines is 2. The summed E-state index contributed by atoms with van der Waals surface area (Å²) in [6, 6.07) is 8.47. The standard InChI is InChI=1S/C26H32N2O6/c1-7-31-22-12-18(13-23(32-8-2)24(22)33-9-3)25(29)27-19-10-11-20-21(14-19)34-17(6)26(30)28(20)15-16(4)5/h10-14,17H,4,7-9,15H2,1-3,5-6H3,(H,27,29). The van der Waals surface area contributed by atoms with E-state index >= 15 is 0 Å². The highest BCUT2D eigenvalue weighted by Crippen LogP contribution is 2.40. The van der Waals surface area contributed by atoms with Gasteiger partial charge in [0.2, 0.25) is 5.75 Å². The summed E-state index contributed by atoms with van der Waals surface area (Å²) in [5.74, 6) is 1.40. The predicted octanol–water partition coefficient (Wildman–Crippen LogP) is 4.83. The van der Waals surface area contributed by atoms with Gasteiger partial charge < -0.3 is 29.2 Å². The summed E-state index contributed by atoms with van der Waals surface area (Å²) in [7, 11) is 0. The van der Waals surface area contributed by atoms with Crippen LogP contribution in [-0.2, 0) is 4.79 Å². The average Bonchev–Trinajstić information content (AvgIpc) is 2.78. The van der Waals surface area contributed by atoms with Gasteiger partial charge in [0.25, 0.3) is 11.8 Å². The van der Waals surface area contributed by atoms with Crippen LogP contribution in [0.3, 0.4) is 0 Å². The van der Waals surface area contributed by atoms with Crippen LogP contribution in [0, 0.1) is 0 Å². The number of nitrogens with one attached hydrogen (secondary N) is 1. The number of hydrogen-bond acceptors (Lipinski definition) is 6. The molecule has 2 aromatic rings. The molecule has 2 amide bonds. The molecule has 182 valence electrons. The monoisotopic (exact) mass is 468 g/mol. The Hall–Kier alpha value is -3.68. The molecule has 0 fully saturated rings. The van der Waals surface area contributed by atoms with Crippen LogP contribution >= 0.6 is 0 Å². The van der Waals surface area contributed by atoms with E-state index in [1.165, 1.54) is 0 Å². The molecule has 34 heavy (non-hydrogen) atoms. The number of benzene rings is 2. The third-order valence-electron chi connectivity index (χ3n) is 5.03. The summed E-state index contributed by atoms with van der Waals surface area (Å²) in [5.41, 5.74) is 2.39. The Balaban J connectivity index is 1.90. The van der Waals surface area contributed by atoms with Crippen LogP contribution in [0.4, 0.5) is 11.4 Å². The van der Waals surface area contributed by atoms with E-state index in [9.17, 15) is 9.59 Å². The topological polar surface area (TPSA) is 86.3 Å². The highest BCUT2D eigenvalue weighted by molar-refractivity contribution is 6.06. The van der Waals surface area contributed by atoms with Crippen molar-refractivity contribution in [2.75, 3.05) is 36.6 Å². The fraction of sp³-hybridized carbons (Fsp3) is 0.385. The second-order valence-corrected chi connectivity index (χ2v) is 7.88. The molecule has 2 aromatic carbocycles. The lowest BCUT2D eigenvalue weighted by Gasteiger charge is -2.33. The zero-order chi connectivity index (χ0) is 24.8. The summed E-state index contributed by atoms with van der Waals surface area (Å²) >= 11 is 0. The first-order chi connectivity index (χ1) is 16.3. The van der Waals surface area contributed by atoms with Crippen molar-refractivity contribution in [2.45, 2.75) is 40.7 Å². The van der Waals surface area contributed by atoms with Gasteiger partial charge in [-0.2, -0.15) is 0 Å². The van der Waals surface area contributed by atoms with Crippen molar-refractivity contribution >= 4 is 23.2 Å². The van der Waals surface area contributed by atoms with E-state index in [1.54, 1.807) is 42.2 Å². The number of carbonyl (C=O) groups excluding carboxylic acids is 2. The Kier molecular flexibility index (Phi) is 8.04. The van der Waals surface area contributed by atoms with Crippen molar-refractivity contribution in [2.24, 2.45) is 0 Å². The minimum atomic E-state index is -0.633. The first-order valence-corrected chi connectivity index (χ1v) is 11.4. The third kappa shape index (κ3) is 5.44. The molecule has 0 aliphatic carbocycles. The van der Waals surface area contributed by atoms with E-state index in [1.807, 2.05) is 27.7 Å². The van der Waals surface area contributed by atoms with Crippen molar-refractivity contribution in [3.63, 3.8) is 0 Å². The molecule has 8 heteroatoms. The van der Waals surface area contributed by atoms with Gasteiger partial charge in [-0.15, -0.1) is 0 Å². The largest absolute Gasteiger partial charge is 0.490 e.